The maximum Gasteiger partial charge on any atom is 0.0540 e. The fourth-order valence-corrected chi connectivity index (χ4v) is 3.07. The van der Waals surface area contributed by atoms with Gasteiger partial charge in [0, 0.05) is 21.3 Å². The van der Waals surface area contributed by atoms with Crippen molar-refractivity contribution in [1.82, 2.24) is 0 Å². The van der Waals surface area contributed by atoms with Crippen LogP contribution < -0.4 is 5.73 Å². The Kier molecular flexibility index (Phi) is 4.37. The Morgan fingerprint density at radius 2 is 1.39 bits per heavy atom. The third-order valence-corrected chi connectivity index (χ3v) is 4.22. The second-order valence-corrected chi connectivity index (χ2v) is 5.99. The Morgan fingerprint density at radius 1 is 0.826 bits per heavy atom. The normalized spacial score (nSPS) is 13.5. The van der Waals surface area contributed by atoms with Crippen LogP contribution in [0.3, 0.4) is 0 Å². The van der Waals surface area contributed by atoms with E-state index in [-0.39, 0.29) is 0 Å². The van der Waals surface area contributed by atoms with Crippen molar-refractivity contribution in [2.24, 2.45) is 0 Å². The number of hydrogen-bond donors (Lipinski definition) is 2. The van der Waals surface area contributed by atoms with E-state index in [0.29, 0.717) is 21.4 Å². The van der Waals surface area contributed by atoms with Gasteiger partial charge in [-0.2, -0.15) is 0 Å². The number of allylic oxidation sites excluding steroid dienone is 5. The van der Waals surface area contributed by atoms with E-state index in [1.807, 2.05) is 54.6 Å². The van der Waals surface area contributed by atoms with Gasteiger partial charge in [-0.3, -0.25) is 0 Å². The molecule has 3 rings (SSSR count). The first-order valence-electron chi connectivity index (χ1n) is 7.05. The molecule has 0 aromatic heterocycles. The SMILES string of the molecule is N=C1C=CC(=C(c2ccc(N)cc2)c2c(Cl)cccc2Cl)C=C1. The Morgan fingerprint density at radius 3 is 1.96 bits per heavy atom. The number of rotatable bonds is 2. The van der Waals surface area contributed by atoms with Crippen molar-refractivity contribution in [3.05, 3.63) is 93.5 Å². The highest BCUT2D eigenvalue weighted by molar-refractivity contribution is 6.38. The quantitative estimate of drug-likeness (QED) is 0.694. The molecule has 0 saturated heterocycles. The molecule has 2 aromatic rings. The standard InChI is InChI=1S/C19H14Cl2N2/c20-16-2-1-3-17(21)19(16)18(12-4-8-14(22)9-5-12)13-6-10-15(23)11-7-13/h1-11,22H,23H2. The molecule has 0 aliphatic heterocycles. The van der Waals surface area contributed by atoms with Gasteiger partial charge in [0.2, 0.25) is 0 Å². The predicted octanol–water partition coefficient (Wildman–Crippen LogP) is 5.52. The summed E-state index contributed by atoms with van der Waals surface area (Å²) in [5, 5.41) is 8.84. The Hall–Kier alpha value is -2.29. The first-order valence-corrected chi connectivity index (χ1v) is 7.81. The molecule has 3 N–H and O–H groups in total. The van der Waals surface area contributed by atoms with E-state index in [1.165, 1.54) is 0 Å². The molecule has 0 radical (unpaired) electrons. The van der Waals surface area contributed by atoms with Crippen molar-refractivity contribution >= 4 is 40.2 Å². The first kappa shape index (κ1) is 15.6. The number of nitrogen functional groups attached to an aromatic ring is 1. The van der Waals surface area contributed by atoms with Crippen LogP contribution in [-0.4, -0.2) is 5.71 Å². The first-order chi connectivity index (χ1) is 11.1. The van der Waals surface area contributed by atoms with Gasteiger partial charge in [-0.1, -0.05) is 53.6 Å². The second-order valence-electron chi connectivity index (χ2n) is 5.17. The average Bonchev–Trinajstić information content (AvgIpc) is 2.53. The van der Waals surface area contributed by atoms with Gasteiger partial charge in [0.05, 0.1) is 5.71 Å². The van der Waals surface area contributed by atoms with E-state index in [0.717, 1.165) is 22.3 Å². The van der Waals surface area contributed by atoms with Crippen LogP contribution in [-0.2, 0) is 0 Å². The van der Waals surface area contributed by atoms with Crippen LogP contribution in [0.1, 0.15) is 11.1 Å². The molecule has 0 fully saturated rings. The van der Waals surface area contributed by atoms with Crippen molar-refractivity contribution < 1.29 is 0 Å². The van der Waals surface area contributed by atoms with Crippen molar-refractivity contribution in [2.45, 2.75) is 0 Å². The lowest BCUT2D eigenvalue weighted by Gasteiger charge is -2.16. The monoisotopic (exact) mass is 340 g/mol. The highest BCUT2D eigenvalue weighted by Gasteiger charge is 2.16. The van der Waals surface area contributed by atoms with Crippen LogP contribution in [0.15, 0.2) is 72.3 Å². The average molecular weight is 341 g/mol. The molecule has 0 spiro atoms. The Labute approximate surface area is 145 Å². The van der Waals surface area contributed by atoms with Crippen LogP contribution in [0.4, 0.5) is 5.69 Å². The van der Waals surface area contributed by atoms with Crippen molar-refractivity contribution in [3.63, 3.8) is 0 Å². The largest absolute Gasteiger partial charge is 0.399 e. The molecule has 23 heavy (non-hydrogen) atoms. The van der Waals surface area contributed by atoms with Gasteiger partial charge in [0.1, 0.15) is 0 Å². The lowest BCUT2D eigenvalue weighted by Crippen LogP contribution is -1.98. The van der Waals surface area contributed by atoms with Crippen LogP contribution in [0.25, 0.3) is 5.57 Å². The van der Waals surface area contributed by atoms with E-state index >= 15 is 0 Å². The maximum absolute atomic E-state index is 7.68. The summed E-state index contributed by atoms with van der Waals surface area (Å²) in [5.41, 5.74) is 10.5. The molecule has 1 aliphatic rings. The minimum Gasteiger partial charge on any atom is -0.399 e. The molecule has 114 valence electrons. The smallest absolute Gasteiger partial charge is 0.0540 e. The summed E-state index contributed by atoms with van der Waals surface area (Å²) in [6, 6.07) is 13.0. The van der Waals surface area contributed by atoms with Gasteiger partial charge in [0.25, 0.3) is 0 Å². The fourth-order valence-electron chi connectivity index (χ4n) is 2.48. The summed E-state index contributed by atoms with van der Waals surface area (Å²) in [6.07, 6.45) is 7.29. The lowest BCUT2D eigenvalue weighted by atomic mass is 9.90. The summed E-state index contributed by atoms with van der Waals surface area (Å²) >= 11 is 12.8. The number of benzene rings is 2. The summed E-state index contributed by atoms with van der Waals surface area (Å²) < 4.78 is 0. The molecule has 4 heteroatoms. The van der Waals surface area contributed by atoms with Crippen molar-refractivity contribution in [1.29, 1.82) is 5.41 Å². The minimum absolute atomic E-state index is 0.454. The summed E-state index contributed by atoms with van der Waals surface area (Å²) in [6.45, 7) is 0. The van der Waals surface area contributed by atoms with Crippen LogP contribution in [0, 0.1) is 5.41 Å². The zero-order valence-electron chi connectivity index (χ0n) is 12.2. The third kappa shape index (κ3) is 3.24. The summed E-state index contributed by atoms with van der Waals surface area (Å²) in [5.74, 6) is 0. The highest BCUT2D eigenvalue weighted by Crippen LogP contribution is 2.38. The number of anilines is 1. The highest BCUT2D eigenvalue weighted by atomic mass is 35.5. The summed E-state index contributed by atoms with van der Waals surface area (Å²) in [4.78, 5) is 0. The molecule has 0 unspecified atom stereocenters. The van der Waals surface area contributed by atoms with Crippen LogP contribution in [0.2, 0.25) is 10.0 Å². The van der Waals surface area contributed by atoms with Gasteiger partial charge >= 0.3 is 0 Å². The molecule has 0 saturated carbocycles. The van der Waals surface area contributed by atoms with Crippen LogP contribution >= 0.6 is 23.2 Å². The third-order valence-electron chi connectivity index (χ3n) is 3.59. The molecule has 0 bridgehead atoms. The molecule has 2 nitrogen and oxygen atoms in total. The Balaban J connectivity index is 2.29. The second kappa shape index (κ2) is 6.45. The molecular formula is C19H14Cl2N2. The number of halogens is 2. The van der Waals surface area contributed by atoms with Crippen LogP contribution in [0.5, 0.6) is 0 Å². The van der Waals surface area contributed by atoms with E-state index in [2.05, 4.69) is 0 Å². The maximum atomic E-state index is 7.68. The molecule has 0 heterocycles. The van der Waals surface area contributed by atoms with Gasteiger partial charge in [-0.25, -0.2) is 0 Å². The van der Waals surface area contributed by atoms with E-state index in [9.17, 15) is 0 Å². The van der Waals surface area contributed by atoms with Gasteiger partial charge in [-0.05, 0) is 53.1 Å². The molecule has 1 aliphatic carbocycles. The van der Waals surface area contributed by atoms with Gasteiger partial charge < -0.3 is 11.1 Å². The topological polar surface area (TPSA) is 49.9 Å². The number of hydrogen-bond acceptors (Lipinski definition) is 2. The van der Waals surface area contributed by atoms with E-state index in [1.54, 1.807) is 12.2 Å². The van der Waals surface area contributed by atoms with E-state index < -0.39 is 0 Å². The molecule has 0 amide bonds. The van der Waals surface area contributed by atoms with Crippen molar-refractivity contribution in [2.75, 3.05) is 5.73 Å². The zero-order valence-corrected chi connectivity index (χ0v) is 13.7. The van der Waals surface area contributed by atoms with E-state index in [4.69, 9.17) is 34.3 Å². The van der Waals surface area contributed by atoms with Gasteiger partial charge in [0.15, 0.2) is 0 Å². The lowest BCUT2D eigenvalue weighted by molar-refractivity contribution is 1.49. The summed E-state index contributed by atoms with van der Waals surface area (Å²) in [7, 11) is 0. The van der Waals surface area contributed by atoms with Crippen molar-refractivity contribution in [3.8, 4) is 0 Å². The molecule has 0 atom stereocenters. The number of nitrogens with one attached hydrogen (secondary N) is 1. The Bertz CT molecular complexity index is 821. The minimum atomic E-state index is 0.454. The fraction of sp³-hybridized carbons (Fsp3) is 0. The van der Waals surface area contributed by atoms with Gasteiger partial charge in [-0.15, -0.1) is 0 Å². The molecular weight excluding hydrogens is 327 g/mol. The zero-order chi connectivity index (χ0) is 16.4. The predicted molar refractivity (Wildman–Crippen MR) is 99.3 cm³/mol. The number of nitrogens with two attached hydrogens (primary N) is 1. The molecule has 2 aromatic carbocycles.